The van der Waals surface area contributed by atoms with Crippen molar-refractivity contribution in [3.63, 3.8) is 0 Å². The van der Waals surface area contributed by atoms with Gasteiger partial charge in [0.05, 0.1) is 12.3 Å². The van der Waals surface area contributed by atoms with Crippen molar-refractivity contribution in [3.8, 4) is 0 Å². The molecule has 0 unspecified atom stereocenters. The van der Waals surface area contributed by atoms with Crippen LogP contribution in [-0.4, -0.2) is 55.3 Å². The standard InChI is InChI=1S/C10H15F3N4O4S/c1-6(16-22(3,19)20)8(18)17(2)5-4-7-14-9(21-15-7)10(11,12)13/h6,16H,4-5H2,1-3H3/t6-/m1/s1. The van der Waals surface area contributed by atoms with Crippen LogP contribution in [0.4, 0.5) is 13.2 Å². The molecule has 0 radical (unpaired) electrons. The summed E-state index contributed by atoms with van der Waals surface area (Å²) in [5.74, 6) is -2.19. The lowest BCUT2D eigenvalue weighted by Crippen LogP contribution is -2.45. The van der Waals surface area contributed by atoms with Crippen molar-refractivity contribution in [3.05, 3.63) is 11.7 Å². The first-order valence-electron chi connectivity index (χ1n) is 6.02. The summed E-state index contributed by atoms with van der Waals surface area (Å²) < 4.78 is 65.0. The molecule has 1 atom stereocenters. The number of nitrogens with one attached hydrogen (secondary N) is 1. The third-order valence-corrected chi connectivity index (χ3v) is 3.30. The molecule has 1 heterocycles. The van der Waals surface area contributed by atoms with Crippen molar-refractivity contribution in [2.75, 3.05) is 19.8 Å². The Labute approximate surface area is 124 Å². The molecule has 0 aliphatic rings. The summed E-state index contributed by atoms with van der Waals surface area (Å²) in [5.41, 5.74) is 0. The van der Waals surface area contributed by atoms with E-state index in [1.54, 1.807) is 0 Å². The van der Waals surface area contributed by atoms with Gasteiger partial charge in [0.25, 0.3) is 0 Å². The Hall–Kier alpha value is -1.69. The normalized spacial score (nSPS) is 13.9. The number of carbonyl (C=O) groups excluding carboxylic acids is 1. The molecule has 1 aromatic rings. The molecule has 0 bridgehead atoms. The number of rotatable bonds is 6. The van der Waals surface area contributed by atoms with Crippen molar-refractivity contribution in [1.82, 2.24) is 19.8 Å². The first-order chi connectivity index (χ1) is 9.90. The van der Waals surface area contributed by atoms with Gasteiger partial charge in [-0.05, 0) is 6.92 Å². The maximum atomic E-state index is 12.3. The lowest BCUT2D eigenvalue weighted by atomic mass is 10.3. The molecule has 1 rings (SSSR count). The fraction of sp³-hybridized carbons (Fsp3) is 0.700. The van der Waals surface area contributed by atoms with Crippen LogP contribution in [0.15, 0.2) is 4.52 Å². The number of amides is 1. The third kappa shape index (κ3) is 5.60. The summed E-state index contributed by atoms with van der Waals surface area (Å²) in [5, 5.41) is 3.16. The van der Waals surface area contributed by atoms with E-state index in [1.807, 2.05) is 0 Å². The van der Waals surface area contributed by atoms with Crippen LogP contribution in [0, 0.1) is 0 Å². The van der Waals surface area contributed by atoms with Crippen LogP contribution in [0.5, 0.6) is 0 Å². The second-order valence-electron chi connectivity index (χ2n) is 4.64. The number of aromatic nitrogens is 2. The number of likely N-dealkylation sites (N-methyl/N-ethyl adjacent to an activating group) is 1. The lowest BCUT2D eigenvalue weighted by molar-refractivity contribution is -0.159. The Kier molecular flexibility index (Phi) is 5.51. The molecule has 0 aromatic carbocycles. The molecule has 0 saturated heterocycles. The van der Waals surface area contributed by atoms with Gasteiger partial charge in [-0.25, -0.2) is 13.1 Å². The van der Waals surface area contributed by atoms with Crippen LogP contribution in [0.1, 0.15) is 18.6 Å². The average molecular weight is 344 g/mol. The van der Waals surface area contributed by atoms with E-state index in [0.29, 0.717) is 0 Å². The van der Waals surface area contributed by atoms with Crippen molar-refractivity contribution in [2.24, 2.45) is 0 Å². The van der Waals surface area contributed by atoms with E-state index in [2.05, 4.69) is 19.4 Å². The largest absolute Gasteiger partial charge is 0.471 e. The predicted octanol–water partition coefficient (Wildman–Crippen LogP) is 0.0270. The second kappa shape index (κ2) is 6.60. The van der Waals surface area contributed by atoms with Crippen LogP contribution >= 0.6 is 0 Å². The minimum atomic E-state index is -4.72. The van der Waals surface area contributed by atoms with Crippen LogP contribution < -0.4 is 4.72 Å². The summed E-state index contributed by atoms with van der Waals surface area (Å²) in [6, 6.07) is -0.990. The summed E-state index contributed by atoms with van der Waals surface area (Å²) >= 11 is 0. The van der Waals surface area contributed by atoms with Gasteiger partial charge in [-0.3, -0.25) is 4.79 Å². The Balaban J connectivity index is 2.57. The third-order valence-electron chi connectivity index (χ3n) is 2.52. The minimum Gasteiger partial charge on any atom is -0.344 e. The van der Waals surface area contributed by atoms with E-state index in [9.17, 15) is 26.4 Å². The van der Waals surface area contributed by atoms with Crippen molar-refractivity contribution in [2.45, 2.75) is 25.6 Å². The van der Waals surface area contributed by atoms with Crippen LogP contribution in [0.2, 0.25) is 0 Å². The minimum absolute atomic E-state index is 0.00540. The van der Waals surface area contributed by atoms with Gasteiger partial charge in [0.15, 0.2) is 5.82 Å². The Morgan fingerprint density at radius 1 is 1.45 bits per heavy atom. The molecule has 1 amide bonds. The van der Waals surface area contributed by atoms with Gasteiger partial charge in [0.1, 0.15) is 0 Å². The number of hydrogen-bond donors (Lipinski definition) is 1. The van der Waals surface area contributed by atoms with Crippen LogP contribution in [0.25, 0.3) is 0 Å². The van der Waals surface area contributed by atoms with Crippen molar-refractivity contribution in [1.29, 1.82) is 0 Å². The Morgan fingerprint density at radius 2 is 2.05 bits per heavy atom. The van der Waals surface area contributed by atoms with Gasteiger partial charge in [-0.15, -0.1) is 0 Å². The maximum Gasteiger partial charge on any atom is 0.471 e. The number of hydrogen-bond acceptors (Lipinski definition) is 6. The molecular formula is C10H15F3N4O4S. The zero-order valence-corrected chi connectivity index (χ0v) is 12.8. The molecule has 12 heteroatoms. The first-order valence-corrected chi connectivity index (χ1v) is 7.91. The van der Waals surface area contributed by atoms with Gasteiger partial charge in [0.2, 0.25) is 15.9 Å². The zero-order chi connectivity index (χ0) is 17.1. The molecule has 0 aliphatic carbocycles. The second-order valence-corrected chi connectivity index (χ2v) is 6.42. The SMILES string of the molecule is C[C@@H](NS(C)(=O)=O)C(=O)N(C)CCc1noc(C(F)(F)F)n1. The maximum absolute atomic E-state index is 12.3. The number of alkyl halides is 3. The zero-order valence-electron chi connectivity index (χ0n) is 12.0. The molecule has 0 fully saturated rings. The highest BCUT2D eigenvalue weighted by Crippen LogP contribution is 2.27. The summed E-state index contributed by atoms with van der Waals surface area (Å²) in [6.07, 6.45) is -3.87. The Morgan fingerprint density at radius 3 is 2.50 bits per heavy atom. The van der Waals surface area contributed by atoms with Crippen molar-refractivity contribution >= 4 is 15.9 Å². The van der Waals surface area contributed by atoms with E-state index < -0.39 is 34.0 Å². The van der Waals surface area contributed by atoms with Gasteiger partial charge < -0.3 is 9.42 Å². The molecular weight excluding hydrogens is 329 g/mol. The number of carbonyl (C=O) groups is 1. The monoisotopic (exact) mass is 344 g/mol. The fourth-order valence-corrected chi connectivity index (χ4v) is 2.29. The van der Waals surface area contributed by atoms with E-state index in [4.69, 9.17) is 0 Å². The lowest BCUT2D eigenvalue weighted by Gasteiger charge is -2.20. The summed E-state index contributed by atoms with van der Waals surface area (Å²) in [6.45, 7) is 1.36. The molecule has 1 aromatic heterocycles. The van der Waals surface area contributed by atoms with Gasteiger partial charge >= 0.3 is 12.1 Å². The smallest absolute Gasteiger partial charge is 0.344 e. The van der Waals surface area contributed by atoms with Crippen LogP contribution in [0.3, 0.4) is 0 Å². The van der Waals surface area contributed by atoms with Crippen molar-refractivity contribution < 1.29 is 30.9 Å². The topological polar surface area (TPSA) is 105 Å². The first kappa shape index (κ1) is 18.4. The number of halogens is 3. The molecule has 0 saturated carbocycles. The summed E-state index contributed by atoms with van der Waals surface area (Å²) in [7, 11) is -2.16. The fourth-order valence-electron chi connectivity index (χ4n) is 1.55. The van der Waals surface area contributed by atoms with E-state index in [0.717, 1.165) is 11.2 Å². The molecule has 126 valence electrons. The number of nitrogens with zero attached hydrogens (tertiary/aromatic N) is 3. The van der Waals surface area contributed by atoms with E-state index >= 15 is 0 Å². The van der Waals surface area contributed by atoms with Gasteiger partial charge in [-0.2, -0.15) is 18.2 Å². The summed E-state index contributed by atoms with van der Waals surface area (Å²) in [4.78, 5) is 16.2. The highest BCUT2D eigenvalue weighted by atomic mass is 32.2. The van der Waals surface area contributed by atoms with Gasteiger partial charge in [-0.1, -0.05) is 5.16 Å². The molecule has 1 N–H and O–H groups in total. The van der Waals surface area contributed by atoms with Gasteiger partial charge in [0, 0.05) is 20.0 Å². The Bertz CT molecular complexity index is 628. The highest BCUT2D eigenvalue weighted by molar-refractivity contribution is 7.88. The number of sulfonamides is 1. The molecule has 0 aliphatic heterocycles. The quantitative estimate of drug-likeness (QED) is 0.780. The predicted molar refractivity (Wildman–Crippen MR) is 68.1 cm³/mol. The van der Waals surface area contributed by atoms with E-state index in [-0.39, 0.29) is 18.8 Å². The molecule has 0 spiro atoms. The molecule has 8 nitrogen and oxygen atoms in total. The van der Waals surface area contributed by atoms with E-state index in [1.165, 1.54) is 14.0 Å². The van der Waals surface area contributed by atoms with Crippen LogP contribution in [-0.2, 0) is 27.4 Å². The molecule has 22 heavy (non-hydrogen) atoms. The average Bonchev–Trinajstić information content (AvgIpc) is 2.81. The highest BCUT2D eigenvalue weighted by Gasteiger charge is 2.38.